The van der Waals surface area contributed by atoms with E-state index in [1.807, 2.05) is 0 Å². The number of nitrogens with zero attached hydrogens (tertiary/aromatic N) is 4. The highest BCUT2D eigenvalue weighted by Crippen LogP contribution is 2.34. The maximum Gasteiger partial charge on any atom is 0.338 e. The predicted octanol–water partition coefficient (Wildman–Crippen LogP) is 4.54. The lowest BCUT2D eigenvalue weighted by Gasteiger charge is -2.26. The number of aromatic nitrogens is 2. The van der Waals surface area contributed by atoms with Crippen molar-refractivity contribution in [1.82, 2.24) is 9.13 Å². The number of carbonyl (C=O) groups excluding carboxylic acids is 1. The van der Waals surface area contributed by atoms with Crippen LogP contribution in [0.2, 0.25) is 5.02 Å². The van der Waals surface area contributed by atoms with Gasteiger partial charge in [0, 0.05) is 29.0 Å². The first kappa shape index (κ1) is 26.3. The summed E-state index contributed by atoms with van der Waals surface area (Å²) in [4.78, 5) is 43.0. The number of fused-ring (bicyclic) bond motifs is 1. The second-order valence-electron chi connectivity index (χ2n) is 9.14. The molecule has 2 aromatic carbocycles. The first-order valence-electron chi connectivity index (χ1n) is 12.1. The summed E-state index contributed by atoms with van der Waals surface area (Å²) in [5.41, 5.74) is 2.10. The molecule has 9 nitrogen and oxygen atoms in total. The van der Waals surface area contributed by atoms with Gasteiger partial charge >= 0.3 is 5.97 Å². The van der Waals surface area contributed by atoms with E-state index in [0.717, 1.165) is 0 Å². The molecule has 0 saturated heterocycles. The minimum Gasteiger partial charge on any atom is -0.459 e. The molecule has 1 aliphatic rings. The smallest absolute Gasteiger partial charge is 0.338 e. The molecular weight excluding hydrogens is 540 g/mol. The minimum atomic E-state index is -0.827. The Labute approximate surface area is 231 Å². The van der Waals surface area contributed by atoms with Gasteiger partial charge in [0.2, 0.25) is 0 Å². The monoisotopic (exact) mass is 562 g/mol. The molecule has 0 bridgehead atoms. The van der Waals surface area contributed by atoms with Crippen LogP contribution in [0.25, 0.3) is 11.8 Å². The Morgan fingerprint density at radius 3 is 2.67 bits per heavy atom. The van der Waals surface area contributed by atoms with Gasteiger partial charge in [-0.25, -0.2) is 9.79 Å². The van der Waals surface area contributed by atoms with Crippen molar-refractivity contribution in [3.05, 3.63) is 124 Å². The van der Waals surface area contributed by atoms with Crippen molar-refractivity contribution in [2.24, 2.45) is 4.99 Å². The maximum atomic E-state index is 13.9. The molecule has 39 heavy (non-hydrogen) atoms. The van der Waals surface area contributed by atoms with Gasteiger partial charge in [0.05, 0.1) is 32.5 Å². The summed E-state index contributed by atoms with van der Waals surface area (Å²) >= 11 is 7.75. The van der Waals surface area contributed by atoms with Crippen molar-refractivity contribution in [3.8, 4) is 5.69 Å². The Hall–Kier alpha value is -4.28. The lowest BCUT2D eigenvalue weighted by molar-refractivity contribution is -0.384. The van der Waals surface area contributed by atoms with E-state index in [2.05, 4.69) is 4.99 Å². The van der Waals surface area contributed by atoms with E-state index in [1.54, 1.807) is 86.1 Å². The highest BCUT2D eigenvalue weighted by atomic mass is 35.5. The van der Waals surface area contributed by atoms with Gasteiger partial charge in [-0.05, 0) is 56.7 Å². The van der Waals surface area contributed by atoms with Crippen LogP contribution < -0.4 is 14.9 Å². The van der Waals surface area contributed by atoms with Gasteiger partial charge in [-0.15, -0.1) is 0 Å². The van der Waals surface area contributed by atoms with Crippen LogP contribution in [-0.4, -0.2) is 26.1 Å². The van der Waals surface area contributed by atoms with Crippen molar-refractivity contribution < 1.29 is 14.5 Å². The standard InChI is InChI=1S/C28H23ClN4O5S/c1-16(2)38-27(35)24-17(3)30-28-32(25(24)21-11-4-5-12-22(21)29)26(34)23(39-28)15-19-10-7-13-31(19)18-8-6-9-20(14-18)33(36)37/h4-16,25H,1-3H3. The van der Waals surface area contributed by atoms with E-state index < -0.39 is 16.9 Å². The quantitative estimate of drug-likeness (QED) is 0.195. The molecule has 4 aromatic rings. The third-order valence-corrected chi connectivity index (χ3v) is 7.49. The Bertz CT molecular complexity index is 1830. The second kappa shape index (κ2) is 10.5. The zero-order valence-electron chi connectivity index (χ0n) is 21.2. The number of ether oxygens (including phenoxy) is 1. The highest BCUT2D eigenvalue weighted by molar-refractivity contribution is 7.07. The van der Waals surface area contributed by atoms with E-state index in [-0.39, 0.29) is 22.9 Å². The number of halogens is 1. The molecule has 0 radical (unpaired) electrons. The number of hydrogen-bond acceptors (Lipinski definition) is 7. The number of hydrogen-bond donors (Lipinski definition) is 0. The molecule has 0 N–H and O–H groups in total. The van der Waals surface area contributed by atoms with E-state index in [4.69, 9.17) is 16.3 Å². The van der Waals surface area contributed by atoms with Crippen LogP contribution in [0.5, 0.6) is 0 Å². The fraction of sp³-hybridized carbons (Fsp3) is 0.179. The zero-order valence-corrected chi connectivity index (χ0v) is 22.8. The Kier molecular flexibility index (Phi) is 7.07. The summed E-state index contributed by atoms with van der Waals surface area (Å²) in [6.45, 7) is 5.22. The number of rotatable bonds is 6. The van der Waals surface area contributed by atoms with E-state index in [9.17, 15) is 19.7 Å². The summed E-state index contributed by atoms with van der Waals surface area (Å²) in [5.74, 6) is -0.565. The number of carbonyl (C=O) groups is 1. The molecule has 1 unspecified atom stereocenters. The maximum absolute atomic E-state index is 13.9. The summed E-state index contributed by atoms with van der Waals surface area (Å²) in [7, 11) is 0. The number of esters is 1. The van der Waals surface area contributed by atoms with E-state index >= 15 is 0 Å². The predicted molar refractivity (Wildman–Crippen MR) is 149 cm³/mol. The third kappa shape index (κ3) is 4.96. The largest absolute Gasteiger partial charge is 0.459 e. The van der Waals surface area contributed by atoms with Crippen LogP contribution in [0.15, 0.2) is 87.9 Å². The molecule has 198 valence electrons. The van der Waals surface area contributed by atoms with Crippen LogP contribution >= 0.6 is 22.9 Å². The Morgan fingerprint density at radius 1 is 1.18 bits per heavy atom. The average Bonchev–Trinajstić information content (AvgIpc) is 3.47. The molecule has 0 spiro atoms. The number of nitro groups is 1. The molecule has 1 aliphatic heterocycles. The SMILES string of the molecule is CC1=C(C(=O)OC(C)C)C(c2ccccc2Cl)n2c(sc(=Cc3cccn3-c3cccc([N+](=O)[O-])c3)c2=O)=N1. The fourth-order valence-electron chi connectivity index (χ4n) is 4.49. The normalized spacial score (nSPS) is 15.3. The lowest BCUT2D eigenvalue weighted by atomic mass is 9.96. The van der Waals surface area contributed by atoms with Crippen molar-refractivity contribution in [2.75, 3.05) is 0 Å². The first-order valence-corrected chi connectivity index (χ1v) is 13.3. The summed E-state index contributed by atoms with van der Waals surface area (Å²) < 4.78 is 9.13. The van der Waals surface area contributed by atoms with E-state index in [1.165, 1.54) is 28.0 Å². The lowest BCUT2D eigenvalue weighted by Crippen LogP contribution is -2.40. The molecule has 11 heteroatoms. The van der Waals surface area contributed by atoms with Crippen molar-refractivity contribution >= 4 is 40.7 Å². The van der Waals surface area contributed by atoms with Crippen LogP contribution in [0.3, 0.4) is 0 Å². The van der Waals surface area contributed by atoms with Gasteiger partial charge in [-0.2, -0.15) is 0 Å². The van der Waals surface area contributed by atoms with Gasteiger partial charge in [0.1, 0.15) is 6.04 Å². The van der Waals surface area contributed by atoms with Gasteiger partial charge < -0.3 is 9.30 Å². The molecule has 0 aliphatic carbocycles. The molecular formula is C28H23ClN4O5S. The number of benzene rings is 2. The molecule has 2 aromatic heterocycles. The molecule has 0 amide bonds. The minimum absolute atomic E-state index is 0.0393. The average molecular weight is 563 g/mol. The van der Waals surface area contributed by atoms with Gasteiger partial charge in [0.15, 0.2) is 4.80 Å². The summed E-state index contributed by atoms with van der Waals surface area (Å²) in [5, 5.41) is 11.7. The summed E-state index contributed by atoms with van der Waals surface area (Å²) in [6, 6.07) is 16.1. The van der Waals surface area contributed by atoms with Crippen molar-refractivity contribution in [1.29, 1.82) is 0 Å². The number of nitro benzene ring substituents is 1. The van der Waals surface area contributed by atoms with Gasteiger partial charge in [0.25, 0.3) is 11.2 Å². The van der Waals surface area contributed by atoms with Crippen LogP contribution in [0, 0.1) is 10.1 Å². The zero-order chi connectivity index (χ0) is 27.8. The fourth-order valence-corrected chi connectivity index (χ4v) is 5.76. The number of non-ortho nitro benzene ring substituents is 1. The van der Waals surface area contributed by atoms with Crippen molar-refractivity contribution in [3.63, 3.8) is 0 Å². The van der Waals surface area contributed by atoms with Gasteiger partial charge in [-0.3, -0.25) is 19.5 Å². The number of thiazole rings is 1. The van der Waals surface area contributed by atoms with Crippen LogP contribution in [0.1, 0.15) is 38.1 Å². The Morgan fingerprint density at radius 2 is 1.95 bits per heavy atom. The Balaban J connectivity index is 1.69. The van der Waals surface area contributed by atoms with Crippen molar-refractivity contribution in [2.45, 2.75) is 32.9 Å². The van der Waals surface area contributed by atoms with Gasteiger partial charge in [-0.1, -0.05) is 47.2 Å². The summed E-state index contributed by atoms with van der Waals surface area (Å²) in [6.07, 6.45) is 3.10. The molecule has 0 saturated carbocycles. The molecule has 5 rings (SSSR count). The highest BCUT2D eigenvalue weighted by Gasteiger charge is 2.34. The second-order valence-corrected chi connectivity index (χ2v) is 10.6. The molecule has 0 fully saturated rings. The van der Waals surface area contributed by atoms with Crippen LogP contribution in [-0.2, 0) is 9.53 Å². The first-order chi connectivity index (χ1) is 18.7. The third-order valence-electron chi connectivity index (χ3n) is 6.16. The number of allylic oxidation sites excluding steroid dienone is 1. The topological polar surface area (TPSA) is 109 Å². The molecule has 3 heterocycles. The van der Waals surface area contributed by atoms with E-state index in [0.29, 0.717) is 37.0 Å². The molecule has 1 atom stereocenters. The van der Waals surface area contributed by atoms with Crippen LogP contribution in [0.4, 0.5) is 5.69 Å².